The van der Waals surface area contributed by atoms with Crippen molar-refractivity contribution < 1.29 is 0 Å². The molecule has 0 saturated heterocycles. The van der Waals surface area contributed by atoms with E-state index in [1.807, 2.05) is 0 Å². The first-order chi connectivity index (χ1) is 7.33. The van der Waals surface area contributed by atoms with Crippen LogP contribution in [-0.2, 0) is 0 Å². The molecule has 0 bridgehead atoms. The van der Waals surface area contributed by atoms with E-state index in [0.29, 0.717) is 16.2 Å². The van der Waals surface area contributed by atoms with Gasteiger partial charge in [-0.3, -0.25) is 0 Å². The molecule has 0 radical (unpaired) electrons. The molecule has 0 aromatic heterocycles. The van der Waals surface area contributed by atoms with Gasteiger partial charge in [-0.2, -0.15) is 0 Å². The zero-order chi connectivity index (χ0) is 12.6. The lowest BCUT2D eigenvalue weighted by molar-refractivity contribution is -0.0565. The lowest BCUT2D eigenvalue weighted by atomic mass is 9.50. The predicted octanol–water partition coefficient (Wildman–Crippen LogP) is 5.67. The summed E-state index contributed by atoms with van der Waals surface area (Å²) in [6, 6.07) is 0. The molecule has 1 saturated carbocycles. The Balaban J connectivity index is 3.16. The van der Waals surface area contributed by atoms with Gasteiger partial charge >= 0.3 is 0 Å². The van der Waals surface area contributed by atoms with Crippen molar-refractivity contribution in [2.24, 2.45) is 22.2 Å². The van der Waals surface area contributed by atoms with Crippen LogP contribution in [-0.4, -0.2) is 0 Å². The molecule has 0 nitrogen and oxygen atoms in total. The molecule has 0 unspecified atom stereocenters. The molecule has 1 aliphatic rings. The van der Waals surface area contributed by atoms with E-state index in [2.05, 4.69) is 48.5 Å². The van der Waals surface area contributed by atoms with Crippen molar-refractivity contribution in [2.45, 2.75) is 80.6 Å². The van der Waals surface area contributed by atoms with Crippen molar-refractivity contribution >= 4 is 0 Å². The number of rotatable bonds is 6. The van der Waals surface area contributed by atoms with E-state index in [1.54, 1.807) is 0 Å². The average molecular weight is 224 g/mol. The smallest absolute Gasteiger partial charge is 0.0193 e. The second kappa shape index (κ2) is 4.35. The molecule has 16 heavy (non-hydrogen) atoms. The van der Waals surface area contributed by atoms with Crippen LogP contribution in [0.25, 0.3) is 0 Å². The molecule has 0 aliphatic heterocycles. The first-order valence-electron chi connectivity index (χ1n) is 7.33. The molecule has 0 aromatic carbocycles. The van der Waals surface area contributed by atoms with E-state index in [9.17, 15) is 0 Å². The van der Waals surface area contributed by atoms with Gasteiger partial charge in [0, 0.05) is 0 Å². The Labute approximate surface area is 103 Å². The highest BCUT2D eigenvalue weighted by Crippen LogP contribution is 2.71. The summed E-state index contributed by atoms with van der Waals surface area (Å²) in [5.74, 6) is 0.774. The van der Waals surface area contributed by atoms with Gasteiger partial charge < -0.3 is 0 Å². The normalized spacial score (nSPS) is 20.2. The molecule has 0 spiro atoms. The van der Waals surface area contributed by atoms with Crippen LogP contribution in [0.1, 0.15) is 80.6 Å². The Bertz CT molecular complexity index is 226. The first-order valence-corrected chi connectivity index (χ1v) is 7.33. The summed E-state index contributed by atoms with van der Waals surface area (Å²) in [7, 11) is 0. The van der Waals surface area contributed by atoms with E-state index in [1.165, 1.54) is 32.1 Å². The third-order valence-corrected chi connectivity index (χ3v) is 6.43. The van der Waals surface area contributed by atoms with E-state index >= 15 is 0 Å². The highest BCUT2D eigenvalue weighted by molar-refractivity contribution is 5.11. The molecule has 0 amide bonds. The quantitative estimate of drug-likeness (QED) is 0.545. The third kappa shape index (κ3) is 1.64. The summed E-state index contributed by atoms with van der Waals surface area (Å²) < 4.78 is 0. The van der Waals surface area contributed by atoms with Gasteiger partial charge in [-0.15, -0.1) is 0 Å². The van der Waals surface area contributed by atoms with Crippen LogP contribution in [0, 0.1) is 22.2 Å². The van der Waals surface area contributed by atoms with Gasteiger partial charge in [-0.05, 0) is 54.3 Å². The Morgan fingerprint density at radius 3 is 1.62 bits per heavy atom. The highest BCUT2D eigenvalue weighted by Gasteiger charge is 2.62. The predicted molar refractivity (Wildman–Crippen MR) is 73.6 cm³/mol. The van der Waals surface area contributed by atoms with Crippen molar-refractivity contribution in [3.8, 4) is 0 Å². The second-order valence-corrected chi connectivity index (χ2v) is 6.80. The highest BCUT2D eigenvalue weighted by atomic mass is 14.7. The van der Waals surface area contributed by atoms with Crippen LogP contribution in [0.15, 0.2) is 0 Å². The fourth-order valence-electron chi connectivity index (χ4n) is 4.47. The van der Waals surface area contributed by atoms with Gasteiger partial charge in [-0.25, -0.2) is 0 Å². The summed E-state index contributed by atoms with van der Waals surface area (Å²) in [5.41, 5.74) is 1.69. The topological polar surface area (TPSA) is 0 Å². The zero-order valence-corrected chi connectivity index (χ0v) is 12.6. The molecule has 0 heterocycles. The third-order valence-electron chi connectivity index (χ3n) is 6.43. The fraction of sp³-hybridized carbons (Fsp3) is 1.00. The Morgan fingerprint density at radius 2 is 1.44 bits per heavy atom. The molecule has 0 heteroatoms. The molecule has 0 atom stereocenters. The summed E-state index contributed by atoms with van der Waals surface area (Å²) in [6.45, 7) is 17.1. The molecular weight excluding hydrogens is 192 g/mol. The monoisotopic (exact) mass is 224 g/mol. The van der Waals surface area contributed by atoms with Gasteiger partial charge in [0.25, 0.3) is 0 Å². The lowest BCUT2D eigenvalue weighted by Gasteiger charge is -2.54. The Kier molecular flexibility index (Phi) is 3.82. The van der Waals surface area contributed by atoms with Gasteiger partial charge in [-0.1, -0.05) is 48.5 Å². The van der Waals surface area contributed by atoms with E-state index in [-0.39, 0.29) is 0 Å². The van der Waals surface area contributed by atoms with Gasteiger partial charge in [0.15, 0.2) is 0 Å². The minimum atomic E-state index is 0.461. The van der Waals surface area contributed by atoms with Crippen molar-refractivity contribution in [1.82, 2.24) is 0 Å². The van der Waals surface area contributed by atoms with Gasteiger partial charge in [0.1, 0.15) is 0 Å². The number of hydrogen-bond acceptors (Lipinski definition) is 0. The molecular formula is C16H32. The Hall–Kier alpha value is 0. The maximum atomic E-state index is 2.51. The zero-order valence-electron chi connectivity index (χ0n) is 12.6. The van der Waals surface area contributed by atoms with Crippen LogP contribution in [0.2, 0.25) is 0 Å². The molecule has 96 valence electrons. The largest absolute Gasteiger partial charge is 0.0648 e. The molecule has 0 N–H and O–H groups in total. The van der Waals surface area contributed by atoms with Crippen LogP contribution in [0.4, 0.5) is 0 Å². The summed E-state index contributed by atoms with van der Waals surface area (Å²) >= 11 is 0. The molecule has 1 fully saturated rings. The molecule has 0 aromatic rings. The van der Waals surface area contributed by atoms with Crippen molar-refractivity contribution in [3.05, 3.63) is 0 Å². The average Bonchev–Trinajstić information content (AvgIpc) is 3.01. The minimum Gasteiger partial charge on any atom is -0.0648 e. The van der Waals surface area contributed by atoms with E-state index in [4.69, 9.17) is 0 Å². The fourth-order valence-corrected chi connectivity index (χ4v) is 4.47. The molecule has 1 aliphatic carbocycles. The molecule has 1 rings (SSSR count). The second-order valence-electron chi connectivity index (χ2n) is 6.80. The standard InChI is InChI=1S/C16H32/c1-8-15(11-12-15)16(9-2,10-3)14(6,7)13(4)5/h13H,8-12H2,1-7H3. The lowest BCUT2D eigenvalue weighted by Crippen LogP contribution is -2.47. The maximum Gasteiger partial charge on any atom is -0.0193 e. The summed E-state index contributed by atoms with van der Waals surface area (Å²) in [6.07, 6.45) is 7.03. The SMILES string of the molecule is CCC1(C(CC)(CC)C(C)(C)C(C)C)CC1. The van der Waals surface area contributed by atoms with Crippen LogP contribution >= 0.6 is 0 Å². The van der Waals surface area contributed by atoms with Gasteiger partial charge in [0.05, 0.1) is 0 Å². The summed E-state index contributed by atoms with van der Waals surface area (Å²) in [5, 5.41) is 0. The number of hydrogen-bond donors (Lipinski definition) is 0. The van der Waals surface area contributed by atoms with Crippen molar-refractivity contribution in [2.75, 3.05) is 0 Å². The van der Waals surface area contributed by atoms with Crippen LogP contribution < -0.4 is 0 Å². The van der Waals surface area contributed by atoms with E-state index < -0.39 is 0 Å². The maximum absolute atomic E-state index is 2.51. The van der Waals surface area contributed by atoms with Crippen LogP contribution in [0.3, 0.4) is 0 Å². The van der Waals surface area contributed by atoms with Crippen LogP contribution in [0.5, 0.6) is 0 Å². The summed E-state index contributed by atoms with van der Waals surface area (Å²) in [4.78, 5) is 0. The van der Waals surface area contributed by atoms with Gasteiger partial charge in [0.2, 0.25) is 0 Å². The van der Waals surface area contributed by atoms with Crippen molar-refractivity contribution in [1.29, 1.82) is 0 Å². The minimum absolute atomic E-state index is 0.461. The Morgan fingerprint density at radius 1 is 1.00 bits per heavy atom. The van der Waals surface area contributed by atoms with Crippen molar-refractivity contribution in [3.63, 3.8) is 0 Å². The first kappa shape index (κ1) is 14.1. The van der Waals surface area contributed by atoms with E-state index in [0.717, 1.165) is 5.92 Å².